The number of nitrogens with one attached hydrogen (secondary N) is 2. The molecule has 222 valence electrons. The maximum absolute atomic E-state index is 13.1. The Hall–Kier alpha value is -4.61. The van der Waals surface area contributed by atoms with E-state index >= 15 is 0 Å². The van der Waals surface area contributed by atoms with Gasteiger partial charge in [-0.25, -0.2) is 15.0 Å². The number of halogens is 4. The molecule has 0 aliphatic carbocycles. The SMILES string of the molecule is CC(C)(CNCc1cccc(Oc2cccc(C(F)(F)F)c2)c1)c1nc(-c2ccc(Cl)c(O)c2)c(-c2ccnc(N)n2)[nH]1. The van der Waals surface area contributed by atoms with E-state index < -0.39 is 17.2 Å². The normalized spacial score (nSPS) is 12.0. The lowest BCUT2D eigenvalue weighted by Crippen LogP contribution is -2.33. The molecule has 3 aromatic carbocycles. The minimum atomic E-state index is -4.45. The molecule has 12 heteroatoms. The van der Waals surface area contributed by atoms with E-state index in [1.807, 2.05) is 19.9 Å². The second-order valence-corrected chi connectivity index (χ2v) is 10.9. The number of hydrogen-bond acceptors (Lipinski definition) is 7. The van der Waals surface area contributed by atoms with E-state index in [0.717, 1.165) is 17.7 Å². The maximum Gasteiger partial charge on any atom is 0.416 e. The first-order chi connectivity index (χ1) is 20.4. The first-order valence-corrected chi connectivity index (χ1v) is 13.6. The van der Waals surface area contributed by atoms with Gasteiger partial charge in [-0.15, -0.1) is 0 Å². The van der Waals surface area contributed by atoms with Gasteiger partial charge in [-0.05, 0) is 54.1 Å². The predicted octanol–water partition coefficient (Wildman–Crippen LogP) is 7.35. The van der Waals surface area contributed by atoms with Crippen LogP contribution in [0, 0.1) is 0 Å². The Bertz CT molecular complexity index is 1760. The minimum absolute atomic E-state index is 0.0722. The first kappa shape index (κ1) is 29.9. The zero-order valence-electron chi connectivity index (χ0n) is 23.2. The number of rotatable bonds is 9. The number of phenolic OH excluding ortho intramolecular Hbond substituents is 1. The number of aromatic nitrogens is 4. The molecule has 0 amide bonds. The van der Waals surface area contributed by atoms with Crippen LogP contribution in [-0.2, 0) is 18.1 Å². The van der Waals surface area contributed by atoms with Crippen molar-refractivity contribution in [3.05, 3.63) is 101 Å². The van der Waals surface area contributed by atoms with Crippen molar-refractivity contribution in [3.8, 4) is 39.9 Å². The van der Waals surface area contributed by atoms with Crippen LogP contribution in [0.4, 0.5) is 19.1 Å². The fraction of sp³-hybridized carbons (Fsp3) is 0.194. The van der Waals surface area contributed by atoms with Gasteiger partial charge in [0.1, 0.15) is 23.1 Å². The highest BCUT2D eigenvalue weighted by Gasteiger charge is 2.31. The topological polar surface area (TPSA) is 122 Å². The molecule has 5 rings (SSSR count). The highest BCUT2D eigenvalue weighted by atomic mass is 35.5. The molecular weight excluding hydrogens is 581 g/mol. The molecule has 2 heterocycles. The van der Waals surface area contributed by atoms with Gasteiger partial charge < -0.3 is 25.9 Å². The zero-order chi connectivity index (χ0) is 30.8. The highest BCUT2D eigenvalue weighted by molar-refractivity contribution is 6.32. The summed E-state index contributed by atoms with van der Waals surface area (Å²) in [7, 11) is 0. The number of ether oxygens (including phenoxy) is 1. The number of imidazole rings is 1. The number of benzene rings is 3. The summed E-state index contributed by atoms with van der Waals surface area (Å²) in [4.78, 5) is 16.6. The van der Waals surface area contributed by atoms with E-state index in [0.29, 0.717) is 47.3 Å². The lowest BCUT2D eigenvalue weighted by atomic mass is 9.92. The van der Waals surface area contributed by atoms with E-state index in [9.17, 15) is 18.3 Å². The molecule has 5 N–H and O–H groups in total. The molecule has 0 spiro atoms. The smallest absolute Gasteiger partial charge is 0.416 e. The predicted molar refractivity (Wildman–Crippen MR) is 159 cm³/mol. The number of aromatic hydroxyl groups is 1. The molecule has 0 radical (unpaired) electrons. The van der Waals surface area contributed by atoms with E-state index in [-0.39, 0.29) is 22.5 Å². The van der Waals surface area contributed by atoms with Gasteiger partial charge in [0, 0.05) is 30.3 Å². The summed E-state index contributed by atoms with van der Waals surface area (Å²) in [6.07, 6.45) is -2.90. The van der Waals surface area contributed by atoms with Crippen molar-refractivity contribution in [3.63, 3.8) is 0 Å². The summed E-state index contributed by atoms with van der Waals surface area (Å²) in [5.41, 5.74) is 7.81. The average Bonchev–Trinajstić information content (AvgIpc) is 3.41. The quantitative estimate of drug-likeness (QED) is 0.138. The monoisotopic (exact) mass is 608 g/mol. The molecule has 8 nitrogen and oxygen atoms in total. The third kappa shape index (κ3) is 7.07. The molecule has 0 aliphatic heterocycles. The lowest BCUT2D eigenvalue weighted by molar-refractivity contribution is -0.137. The number of H-pyrrole nitrogens is 1. The second-order valence-electron chi connectivity index (χ2n) is 10.5. The summed E-state index contributed by atoms with van der Waals surface area (Å²) < 4.78 is 44.9. The number of phenols is 1. The van der Waals surface area contributed by atoms with E-state index in [1.54, 1.807) is 42.6 Å². The Kier molecular flexibility index (Phi) is 8.30. The molecule has 43 heavy (non-hydrogen) atoms. The standard InChI is InChI=1S/C31H28ClF3N6O2/c1-30(2,17-37-16-18-5-3-7-21(13-18)43-22-8-4-6-20(15-22)31(33,34)35)28-40-26(19-9-10-23(32)25(42)14-19)27(41-28)24-11-12-38-29(36)39-24/h3-15,37,42H,16-17H2,1-2H3,(H,40,41)(H2,36,38,39). The number of alkyl halides is 3. The van der Waals surface area contributed by atoms with Gasteiger partial charge in [0.2, 0.25) is 5.95 Å². The summed E-state index contributed by atoms with van der Waals surface area (Å²) in [5, 5.41) is 13.9. The number of nitrogen functional groups attached to an aromatic ring is 1. The molecule has 0 saturated carbocycles. The third-order valence-corrected chi connectivity index (χ3v) is 7.01. The van der Waals surface area contributed by atoms with Crippen molar-refractivity contribution < 1.29 is 23.0 Å². The summed E-state index contributed by atoms with van der Waals surface area (Å²) in [6.45, 7) is 5.02. The summed E-state index contributed by atoms with van der Waals surface area (Å²) >= 11 is 6.03. The largest absolute Gasteiger partial charge is 0.506 e. The first-order valence-electron chi connectivity index (χ1n) is 13.2. The third-order valence-electron chi connectivity index (χ3n) is 6.69. The van der Waals surface area contributed by atoms with Crippen LogP contribution in [0.25, 0.3) is 22.6 Å². The van der Waals surface area contributed by atoms with Crippen LogP contribution in [0.15, 0.2) is 79.0 Å². The van der Waals surface area contributed by atoms with Gasteiger partial charge in [0.05, 0.1) is 27.7 Å². The van der Waals surface area contributed by atoms with Gasteiger partial charge in [0.15, 0.2) is 0 Å². The Labute approximate surface area is 250 Å². The number of nitrogens with two attached hydrogens (primary N) is 1. The number of anilines is 1. The fourth-order valence-corrected chi connectivity index (χ4v) is 4.57. The van der Waals surface area contributed by atoms with Crippen molar-refractivity contribution >= 4 is 17.5 Å². The summed E-state index contributed by atoms with van der Waals surface area (Å²) in [6, 6.07) is 18.5. The van der Waals surface area contributed by atoms with Crippen LogP contribution in [0.5, 0.6) is 17.2 Å². The van der Waals surface area contributed by atoms with Crippen molar-refractivity contribution in [2.24, 2.45) is 0 Å². The molecule has 2 aromatic heterocycles. The number of nitrogens with zero attached hydrogens (tertiary/aromatic N) is 3. The zero-order valence-corrected chi connectivity index (χ0v) is 24.0. The number of aromatic amines is 1. The molecule has 0 atom stereocenters. The highest BCUT2D eigenvalue weighted by Crippen LogP contribution is 2.36. The molecule has 0 fully saturated rings. The molecule has 0 aliphatic rings. The van der Waals surface area contributed by atoms with Crippen LogP contribution >= 0.6 is 11.6 Å². The summed E-state index contributed by atoms with van der Waals surface area (Å²) in [5.74, 6) is 1.23. The van der Waals surface area contributed by atoms with E-state index in [1.165, 1.54) is 18.2 Å². The van der Waals surface area contributed by atoms with Gasteiger partial charge in [-0.3, -0.25) is 0 Å². The van der Waals surface area contributed by atoms with Crippen molar-refractivity contribution in [1.82, 2.24) is 25.3 Å². The van der Waals surface area contributed by atoms with E-state index in [2.05, 4.69) is 20.3 Å². The molecule has 0 saturated heterocycles. The molecule has 5 aromatic rings. The van der Waals surface area contributed by atoms with E-state index in [4.69, 9.17) is 27.1 Å². The van der Waals surface area contributed by atoms with Crippen LogP contribution in [0.3, 0.4) is 0 Å². The van der Waals surface area contributed by atoms with Gasteiger partial charge in [-0.2, -0.15) is 13.2 Å². The Balaban J connectivity index is 1.33. The minimum Gasteiger partial charge on any atom is -0.506 e. The molecule has 0 bridgehead atoms. The lowest BCUT2D eigenvalue weighted by Gasteiger charge is -2.23. The second kappa shape index (κ2) is 11.9. The van der Waals surface area contributed by atoms with Gasteiger partial charge in [-0.1, -0.05) is 49.7 Å². The van der Waals surface area contributed by atoms with Crippen LogP contribution in [-0.4, -0.2) is 31.6 Å². The Morgan fingerprint density at radius 1 is 0.977 bits per heavy atom. The Morgan fingerprint density at radius 3 is 2.44 bits per heavy atom. The van der Waals surface area contributed by atoms with Gasteiger partial charge >= 0.3 is 6.18 Å². The maximum atomic E-state index is 13.1. The molecule has 0 unspecified atom stereocenters. The van der Waals surface area contributed by atoms with Crippen LogP contribution in [0.2, 0.25) is 5.02 Å². The van der Waals surface area contributed by atoms with Crippen LogP contribution in [0.1, 0.15) is 30.8 Å². The fourth-order valence-electron chi connectivity index (χ4n) is 4.45. The van der Waals surface area contributed by atoms with Crippen molar-refractivity contribution in [1.29, 1.82) is 0 Å². The van der Waals surface area contributed by atoms with Crippen LogP contribution < -0.4 is 15.8 Å². The average molecular weight is 609 g/mol. The number of hydrogen-bond donors (Lipinski definition) is 4. The Morgan fingerprint density at radius 2 is 1.72 bits per heavy atom. The van der Waals surface area contributed by atoms with Gasteiger partial charge in [0.25, 0.3) is 0 Å². The molecular formula is C31H28ClF3N6O2. The van der Waals surface area contributed by atoms with Crippen molar-refractivity contribution in [2.75, 3.05) is 12.3 Å². The van der Waals surface area contributed by atoms with Crippen molar-refractivity contribution in [2.45, 2.75) is 32.0 Å².